The second-order valence-corrected chi connectivity index (χ2v) is 11.3. The topological polar surface area (TPSA) is 66.5 Å². The third-order valence-electron chi connectivity index (χ3n) is 6.51. The largest absolute Gasteiger partial charge is 0.334 e. The molecule has 1 N–H and O–H groups in total. The highest BCUT2D eigenvalue weighted by atomic mass is 32.2. The minimum Gasteiger partial charge on any atom is -0.334 e. The van der Waals surface area contributed by atoms with Gasteiger partial charge in [0.05, 0.1) is 5.25 Å². The summed E-state index contributed by atoms with van der Waals surface area (Å²) in [6.45, 7) is 2.54. The van der Waals surface area contributed by atoms with Gasteiger partial charge < -0.3 is 10.2 Å². The van der Waals surface area contributed by atoms with Crippen LogP contribution in [0.3, 0.4) is 0 Å². The van der Waals surface area contributed by atoms with Crippen molar-refractivity contribution in [1.29, 1.82) is 0 Å². The van der Waals surface area contributed by atoms with Crippen LogP contribution >= 0.6 is 11.3 Å². The highest BCUT2D eigenvalue weighted by molar-refractivity contribution is 7.92. The van der Waals surface area contributed by atoms with Crippen LogP contribution in [0, 0.1) is 5.41 Å². The van der Waals surface area contributed by atoms with Crippen LogP contribution in [0.15, 0.2) is 16.8 Å². The van der Waals surface area contributed by atoms with E-state index in [0.29, 0.717) is 6.54 Å². The van der Waals surface area contributed by atoms with Crippen LogP contribution in [0.25, 0.3) is 0 Å². The lowest BCUT2D eigenvalue weighted by molar-refractivity contribution is -0.130. The molecule has 1 aromatic rings. The molecule has 1 saturated heterocycles. The van der Waals surface area contributed by atoms with Crippen molar-refractivity contribution in [3.8, 4) is 0 Å². The molecule has 144 valence electrons. The molecule has 3 aliphatic rings. The predicted molar refractivity (Wildman–Crippen MR) is 104 cm³/mol. The smallest absolute Gasteiger partial charge is 0.238 e. The normalized spacial score (nSPS) is 25.5. The number of carbonyl (C=O) groups is 1. The molecule has 1 amide bonds. The minimum atomic E-state index is -3.33. The molecule has 2 heterocycles. The summed E-state index contributed by atoms with van der Waals surface area (Å²) in [5, 5.41) is 7.16. The van der Waals surface area contributed by atoms with Crippen molar-refractivity contribution in [3.05, 3.63) is 22.4 Å². The number of rotatable bonds is 6. The predicted octanol–water partition coefficient (Wildman–Crippen LogP) is 2.58. The highest BCUT2D eigenvalue weighted by Crippen LogP contribution is 2.56. The van der Waals surface area contributed by atoms with Crippen LogP contribution in [0.4, 0.5) is 0 Å². The second kappa shape index (κ2) is 7.24. The number of hydrogen-bond acceptors (Lipinski definition) is 5. The van der Waals surface area contributed by atoms with Gasteiger partial charge in [-0.25, -0.2) is 8.42 Å². The molecule has 1 aromatic heterocycles. The van der Waals surface area contributed by atoms with Gasteiger partial charge in [0.2, 0.25) is 5.91 Å². The van der Waals surface area contributed by atoms with Gasteiger partial charge >= 0.3 is 0 Å². The second-order valence-electron chi connectivity index (χ2n) is 8.20. The summed E-state index contributed by atoms with van der Waals surface area (Å²) in [7, 11) is -3.33. The van der Waals surface area contributed by atoms with Crippen molar-refractivity contribution >= 4 is 27.1 Å². The molecule has 4 rings (SSSR count). The SMILES string of the molecule is O=C(CS(=O)(=O)C1CCCC1)N(Cc1ccsc1)C1CC12CCNCC2. The van der Waals surface area contributed by atoms with Crippen LogP contribution in [-0.2, 0) is 21.2 Å². The number of carbonyl (C=O) groups excluding carboxylic acids is 1. The molecule has 0 aromatic carbocycles. The average molecular weight is 397 g/mol. The summed E-state index contributed by atoms with van der Waals surface area (Å²) in [5.41, 5.74) is 1.33. The van der Waals surface area contributed by atoms with E-state index in [1.165, 1.54) is 0 Å². The van der Waals surface area contributed by atoms with E-state index in [1.807, 2.05) is 16.3 Å². The lowest BCUT2D eigenvalue weighted by Crippen LogP contribution is -2.42. The molecule has 3 fully saturated rings. The number of piperidine rings is 1. The number of nitrogens with zero attached hydrogens (tertiary/aromatic N) is 1. The number of thiophene rings is 1. The van der Waals surface area contributed by atoms with Crippen molar-refractivity contribution in [1.82, 2.24) is 10.2 Å². The van der Waals surface area contributed by atoms with E-state index in [-0.39, 0.29) is 28.4 Å². The fourth-order valence-corrected chi connectivity index (χ4v) is 7.26. The molecule has 0 bridgehead atoms. The Kier molecular flexibility index (Phi) is 5.14. The van der Waals surface area contributed by atoms with Gasteiger partial charge in [-0.15, -0.1) is 0 Å². The van der Waals surface area contributed by atoms with E-state index in [1.54, 1.807) is 11.3 Å². The Labute approximate surface area is 160 Å². The standard InChI is InChI=1S/C19H28N2O3S2/c22-18(14-26(23,24)16-3-1-2-4-16)21(12-15-5-10-25-13-15)17-11-19(17)6-8-20-9-7-19/h5,10,13,16-17,20H,1-4,6-9,11-12,14H2. The van der Waals surface area contributed by atoms with Gasteiger partial charge in [-0.3, -0.25) is 4.79 Å². The van der Waals surface area contributed by atoms with Crippen LogP contribution in [0.5, 0.6) is 0 Å². The number of amides is 1. The van der Waals surface area contributed by atoms with E-state index < -0.39 is 9.84 Å². The Morgan fingerprint density at radius 3 is 2.65 bits per heavy atom. The molecule has 1 unspecified atom stereocenters. The maximum atomic E-state index is 13.1. The molecule has 5 nitrogen and oxygen atoms in total. The average Bonchev–Trinajstić information content (AvgIpc) is 3.10. The van der Waals surface area contributed by atoms with E-state index in [4.69, 9.17) is 0 Å². The van der Waals surface area contributed by atoms with Gasteiger partial charge in [-0.05, 0) is 73.0 Å². The maximum absolute atomic E-state index is 13.1. The van der Waals surface area contributed by atoms with Gasteiger partial charge in [-0.2, -0.15) is 11.3 Å². The number of hydrogen-bond donors (Lipinski definition) is 1. The molecule has 1 aliphatic heterocycles. The Morgan fingerprint density at radius 1 is 1.27 bits per heavy atom. The summed E-state index contributed by atoms with van der Waals surface area (Å²) < 4.78 is 25.4. The first-order chi connectivity index (χ1) is 12.5. The monoisotopic (exact) mass is 396 g/mol. The fraction of sp³-hybridized carbons (Fsp3) is 0.737. The fourth-order valence-electron chi connectivity index (χ4n) is 4.80. The van der Waals surface area contributed by atoms with E-state index in [0.717, 1.165) is 63.6 Å². The summed E-state index contributed by atoms with van der Waals surface area (Å²) in [6.07, 6.45) is 6.57. The van der Waals surface area contributed by atoms with Gasteiger partial charge in [0.1, 0.15) is 5.75 Å². The molecule has 2 aliphatic carbocycles. The Balaban J connectivity index is 1.50. The maximum Gasteiger partial charge on any atom is 0.238 e. The lowest BCUT2D eigenvalue weighted by atomic mass is 9.93. The molecule has 0 radical (unpaired) electrons. The summed E-state index contributed by atoms with van der Waals surface area (Å²) in [5.74, 6) is -0.504. The van der Waals surface area contributed by atoms with E-state index >= 15 is 0 Å². The summed E-state index contributed by atoms with van der Waals surface area (Å²) in [6, 6.07) is 2.24. The van der Waals surface area contributed by atoms with Crippen molar-refractivity contribution < 1.29 is 13.2 Å². The van der Waals surface area contributed by atoms with Gasteiger partial charge in [0.15, 0.2) is 9.84 Å². The summed E-state index contributed by atoms with van der Waals surface area (Å²) in [4.78, 5) is 15.0. The first-order valence-electron chi connectivity index (χ1n) is 9.73. The van der Waals surface area contributed by atoms with E-state index in [9.17, 15) is 13.2 Å². The Morgan fingerprint density at radius 2 is 2.00 bits per heavy atom. The molecule has 1 spiro atoms. The zero-order valence-electron chi connectivity index (χ0n) is 15.2. The Bertz CT molecular complexity index is 733. The molecular weight excluding hydrogens is 368 g/mol. The summed E-state index contributed by atoms with van der Waals surface area (Å²) >= 11 is 1.62. The number of nitrogens with one attached hydrogen (secondary N) is 1. The first kappa shape index (κ1) is 18.4. The molecule has 7 heteroatoms. The van der Waals surface area contributed by atoms with E-state index in [2.05, 4.69) is 10.7 Å². The van der Waals surface area contributed by atoms with Gasteiger partial charge in [-0.1, -0.05) is 12.8 Å². The Hall–Kier alpha value is -0.920. The molecule has 2 saturated carbocycles. The van der Waals surface area contributed by atoms with Crippen LogP contribution in [-0.4, -0.2) is 49.4 Å². The van der Waals surface area contributed by atoms with Crippen molar-refractivity contribution in [2.45, 2.75) is 62.8 Å². The third kappa shape index (κ3) is 3.71. The first-order valence-corrected chi connectivity index (χ1v) is 12.4. The highest BCUT2D eigenvalue weighted by Gasteiger charge is 2.58. The van der Waals surface area contributed by atoms with Crippen molar-refractivity contribution in [3.63, 3.8) is 0 Å². The van der Waals surface area contributed by atoms with Gasteiger partial charge in [0, 0.05) is 12.6 Å². The van der Waals surface area contributed by atoms with Crippen molar-refractivity contribution in [2.24, 2.45) is 5.41 Å². The molecule has 26 heavy (non-hydrogen) atoms. The number of sulfone groups is 1. The minimum absolute atomic E-state index is 0.191. The zero-order chi connectivity index (χ0) is 18.2. The van der Waals surface area contributed by atoms with Gasteiger partial charge in [0.25, 0.3) is 0 Å². The van der Waals surface area contributed by atoms with Crippen LogP contribution in [0.2, 0.25) is 0 Å². The van der Waals surface area contributed by atoms with Crippen molar-refractivity contribution in [2.75, 3.05) is 18.8 Å². The molecule has 1 atom stereocenters. The molecular formula is C19H28N2O3S2. The quantitative estimate of drug-likeness (QED) is 0.803. The van der Waals surface area contributed by atoms with Crippen LogP contribution in [0.1, 0.15) is 50.5 Å². The third-order valence-corrected chi connectivity index (χ3v) is 9.38. The lowest BCUT2D eigenvalue weighted by Gasteiger charge is -2.30. The zero-order valence-corrected chi connectivity index (χ0v) is 16.8. The van der Waals surface area contributed by atoms with Crippen LogP contribution < -0.4 is 5.32 Å².